The Morgan fingerprint density at radius 3 is 1.00 bits per heavy atom. The van der Waals surface area contributed by atoms with Crippen molar-refractivity contribution in [2.45, 2.75) is 42.0 Å². The molecule has 0 N–H and O–H groups in total. The van der Waals surface area contributed by atoms with Gasteiger partial charge in [0.05, 0.1) is 11.0 Å². The van der Waals surface area contributed by atoms with E-state index in [-0.39, 0.29) is 15.8 Å². The van der Waals surface area contributed by atoms with Crippen molar-refractivity contribution in [2.75, 3.05) is 9.80 Å². The van der Waals surface area contributed by atoms with E-state index >= 15 is 0 Å². The first kappa shape index (κ1) is 94.7. The van der Waals surface area contributed by atoms with Crippen molar-refractivity contribution in [3.8, 4) is 83.8 Å². The van der Waals surface area contributed by atoms with Crippen LogP contribution in [0.25, 0.3) is 213 Å². The Labute approximate surface area is 876 Å². The number of benzene rings is 26. The van der Waals surface area contributed by atoms with E-state index < -0.39 is 26.5 Å². The number of anilines is 6. The van der Waals surface area contributed by atoms with Crippen LogP contribution in [0, 0.1) is 0 Å². The van der Waals surface area contributed by atoms with Crippen molar-refractivity contribution >= 4 is 216 Å². The Balaban J connectivity index is 0.000000126. The van der Waals surface area contributed by atoms with Crippen molar-refractivity contribution < 1.29 is 0 Å². The summed E-state index contributed by atoms with van der Waals surface area (Å²) >= 11 is -3.93. The van der Waals surface area contributed by atoms with Crippen molar-refractivity contribution in [2.24, 2.45) is 0 Å². The number of hydrogen-bond donors (Lipinski definition) is 0. The molecule has 0 saturated carbocycles. The third-order valence-electron chi connectivity index (χ3n) is 29.5. The molecule has 27 aromatic rings. The minimum Gasteiger partial charge on any atom is -0.292 e. The molecular formula is C140H109B2Ge2N4. The molecule has 27 rings (SSSR count). The summed E-state index contributed by atoms with van der Waals surface area (Å²) in [5.74, 6) is 15.7. The van der Waals surface area contributed by atoms with E-state index in [0.29, 0.717) is 0 Å². The van der Waals surface area contributed by atoms with E-state index in [1.807, 2.05) is 0 Å². The van der Waals surface area contributed by atoms with Gasteiger partial charge in [-0.3, -0.25) is 4.57 Å². The first-order chi connectivity index (χ1) is 72.2. The first-order valence-electron chi connectivity index (χ1n) is 51.0. The molecule has 0 saturated heterocycles. The van der Waals surface area contributed by atoms with Crippen LogP contribution in [-0.4, -0.2) is 54.2 Å². The fourth-order valence-corrected chi connectivity index (χ4v) is 27.2. The third kappa shape index (κ3) is 17.8. The molecule has 4 nitrogen and oxygen atoms in total. The van der Waals surface area contributed by atoms with Gasteiger partial charge < -0.3 is 0 Å². The third-order valence-corrected chi connectivity index (χ3v) is 38.2. The van der Waals surface area contributed by atoms with Crippen LogP contribution in [-0.2, 0) is 0 Å². The van der Waals surface area contributed by atoms with Crippen LogP contribution in [0.2, 0.25) is 34.5 Å². The average Bonchev–Trinajstić information content (AvgIpc) is 1.34. The number of aromatic nitrogens is 2. The van der Waals surface area contributed by atoms with Gasteiger partial charge >= 0.3 is 304 Å². The molecule has 5 radical (unpaired) electrons. The van der Waals surface area contributed by atoms with Gasteiger partial charge in [0, 0.05) is 28.0 Å². The summed E-state index contributed by atoms with van der Waals surface area (Å²) in [4.78, 5) is 9.99. The van der Waals surface area contributed by atoms with Gasteiger partial charge in [-0.15, -0.1) is 0 Å². The first-order valence-corrected chi connectivity index (χ1v) is 65.1. The second kappa shape index (κ2) is 40.3. The second-order valence-corrected chi connectivity index (χ2v) is 61.7. The monoisotopic (exact) mass is 2020 g/mol. The molecule has 8 heteroatoms. The Hall–Kier alpha value is -16.9. The van der Waals surface area contributed by atoms with Crippen LogP contribution in [0.1, 0.15) is 7.43 Å². The summed E-state index contributed by atoms with van der Waals surface area (Å²) in [6.45, 7) is 0. The number of rotatable bonds is 16. The Bertz CT molecular complexity index is 9410. The normalized spacial score (nSPS) is 11.6. The number of para-hydroxylation sites is 5. The molecule has 0 bridgehead atoms. The zero-order valence-corrected chi connectivity index (χ0v) is 87.3. The van der Waals surface area contributed by atoms with Gasteiger partial charge in [-0.2, -0.15) is 0 Å². The molecule has 0 amide bonds. The van der Waals surface area contributed by atoms with Gasteiger partial charge in [0.1, 0.15) is 5.82 Å². The topological polar surface area (TPSA) is 24.3 Å². The maximum absolute atomic E-state index is 5.25. The Morgan fingerprint density at radius 2 is 0.534 bits per heavy atom. The number of hydrogen-bond acceptors (Lipinski definition) is 3. The van der Waals surface area contributed by atoms with E-state index in [0.717, 1.165) is 45.0 Å². The summed E-state index contributed by atoms with van der Waals surface area (Å²) in [6.07, 6.45) is 0. The van der Waals surface area contributed by atoms with Crippen LogP contribution < -0.4 is 18.6 Å². The Kier molecular flexibility index (Phi) is 25.8. The van der Waals surface area contributed by atoms with Crippen molar-refractivity contribution in [1.82, 2.24) is 9.55 Å². The minimum absolute atomic E-state index is 0. The van der Waals surface area contributed by atoms with Gasteiger partial charge in [0.25, 0.3) is 0 Å². The van der Waals surface area contributed by atoms with Crippen LogP contribution in [0.5, 0.6) is 0 Å². The molecule has 148 heavy (non-hydrogen) atoms. The van der Waals surface area contributed by atoms with Crippen molar-refractivity contribution in [1.29, 1.82) is 1.34 Å². The molecule has 0 spiro atoms. The average molecular weight is 2020 g/mol. The van der Waals surface area contributed by atoms with Gasteiger partial charge in [0.15, 0.2) is 0 Å². The van der Waals surface area contributed by atoms with E-state index in [1.165, 1.54) is 211 Å². The molecular weight excluding hydrogens is 1900 g/mol. The largest absolute Gasteiger partial charge is 0.292 e. The summed E-state index contributed by atoms with van der Waals surface area (Å²) in [5, 5.41) is 27.8. The summed E-state index contributed by atoms with van der Waals surface area (Å²) in [5.41, 5.74) is 26.2. The van der Waals surface area contributed by atoms with Crippen molar-refractivity contribution in [3.05, 3.63) is 522 Å². The Morgan fingerprint density at radius 1 is 0.223 bits per heavy atom. The van der Waals surface area contributed by atoms with Crippen LogP contribution in [0.15, 0.2) is 522 Å². The smallest absolute Gasteiger partial charge is 0.145 e. The van der Waals surface area contributed by atoms with Crippen LogP contribution in [0.3, 0.4) is 0 Å². The summed E-state index contributed by atoms with van der Waals surface area (Å²) < 4.78 is 10.5. The van der Waals surface area contributed by atoms with E-state index in [9.17, 15) is 0 Å². The molecule has 0 atom stereocenters. The van der Waals surface area contributed by atoms with Crippen LogP contribution >= 0.6 is 0 Å². The van der Waals surface area contributed by atoms with Gasteiger partial charge in [-0.05, 0) is 203 Å². The predicted molar refractivity (Wildman–Crippen MR) is 651 cm³/mol. The van der Waals surface area contributed by atoms with E-state index in [1.54, 1.807) is 0 Å². The number of fused-ring (bicyclic) bond motifs is 9. The maximum atomic E-state index is 5.25. The second-order valence-electron chi connectivity index (χ2n) is 40.4. The van der Waals surface area contributed by atoms with E-state index in [2.05, 4.69) is 579 Å². The minimum atomic E-state index is -1.97. The molecule has 1 heterocycles. The van der Waals surface area contributed by atoms with Gasteiger partial charge in [0.2, 0.25) is 0 Å². The number of imidazole rings is 1. The summed E-state index contributed by atoms with van der Waals surface area (Å²) in [6, 6.07) is 191. The standard InChI is InChI=1S/C53H34N2.C46H44Ge2N2.C40H26.CH4.BH.B/c1-2-16-44(17-3-1)55-50-21-11-10-20-49(50)54-53(55)38-26-22-37(23-27-38)41-30-31-47-48(34-41)52(43-29-25-36-13-5-7-15-40(36)33-43)46-19-9-8-18-45(46)51(47)42-28-24-35-12-4-6-14-39(35)32-42;1-47(2,3)35-21-25-39(26-22-35)49(37-13-9-7-10-14-37)43-31-19-33-18-30-42-44(32-20-34-17-29-41(43)45(33)46(34)42)50(38-15-11-8-12-16-38)40-27-23-36(24-28-40)48(4,5)6;1-2-12-31-26-32(25-22-27(31)10-1)28-20-23-30(24-21-28)39-35-15-5-7-17-37(35)40(38-18-8-6-16-36(38)39)34-19-9-13-29-11-3-4-14-33(29)34;;;/h1-34H;7-32H,1-6H3;1-26H;1H4;1H;/i;;;;1D;. The predicted octanol–water partition coefficient (Wildman–Crippen LogP) is 37.8. The summed E-state index contributed by atoms with van der Waals surface area (Å²) in [7, 11) is 3.75. The molecule has 0 aliphatic heterocycles. The zero-order valence-electron chi connectivity index (χ0n) is 84.1. The molecule has 0 fully saturated rings. The van der Waals surface area contributed by atoms with Crippen LogP contribution in [0.4, 0.5) is 34.1 Å². The zero-order chi connectivity index (χ0) is 99.4. The quantitative estimate of drug-likeness (QED) is 0.0547. The SMILES string of the molecule is C.[2H][B].[B].[CH3][Ge]([CH3])([CH3])[c]1ccc(N(c2ccccc2)c2ccc3ccc4c(N(c5ccccc5)c5cc[c]([Ge]([CH3])([CH3])[CH3])cc5)ccc5ccc2c3c54)cc1.c1ccc(-n2c(-c3ccc(-c4ccc5c(-c6ccc7ccccc7c6)c6ccccc6c(-c6ccc7ccccc7c6)c5c4)cc3)nc3ccccc32)cc1.c1ccc2cc(-c3ccc(-c4c5ccccc5c(-c5cccc6ccccc56)c5ccccc45)cc3)ccc2c1. The maximum Gasteiger partial charge on any atom is 0.145 e. The van der Waals surface area contributed by atoms with E-state index in [4.69, 9.17) is 6.32 Å². The molecule has 0 unspecified atom stereocenters. The number of nitrogens with zero attached hydrogens (tertiary/aromatic N) is 4. The molecule has 1 aromatic heterocycles. The molecule has 703 valence electrons. The fourth-order valence-electron chi connectivity index (χ4n) is 22.3. The molecule has 26 aromatic carbocycles. The fraction of sp³-hybridized carbons (Fsp3) is 0.0500. The van der Waals surface area contributed by atoms with Gasteiger partial charge in [-0.25, -0.2) is 4.98 Å². The van der Waals surface area contributed by atoms with Crippen molar-refractivity contribution in [3.63, 3.8) is 0 Å². The van der Waals surface area contributed by atoms with Gasteiger partial charge in [-0.1, -0.05) is 323 Å². The molecule has 0 aliphatic carbocycles. The molecule has 0 aliphatic rings.